The summed E-state index contributed by atoms with van der Waals surface area (Å²) >= 11 is 3.13. The Bertz CT molecular complexity index is 1440. The van der Waals surface area contributed by atoms with Crippen LogP contribution in [0.3, 0.4) is 0 Å². The zero-order valence-corrected chi connectivity index (χ0v) is 29.7. The van der Waals surface area contributed by atoms with E-state index in [1.807, 2.05) is 48.5 Å². The number of Topliss-reactive ketones (excluding diaryl/α,β-unsaturated/α-hetero) is 1. The van der Waals surface area contributed by atoms with Crippen LogP contribution in [0.4, 0.5) is 15.8 Å². The van der Waals surface area contributed by atoms with Crippen LogP contribution >= 0.6 is 15.9 Å². The minimum atomic E-state index is -1.09. The summed E-state index contributed by atoms with van der Waals surface area (Å²) in [4.78, 5) is 37.0. The number of hydrogen-bond acceptors (Lipinski definition) is 6. The minimum absolute atomic E-state index is 0. The normalized spacial score (nSPS) is 27.2. The molecule has 2 saturated heterocycles. The number of alkyl halides is 2. The summed E-state index contributed by atoms with van der Waals surface area (Å²) in [5.74, 6) is -0.267. The topological polar surface area (TPSA) is 145 Å². The summed E-state index contributed by atoms with van der Waals surface area (Å²) in [7, 11) is 0.500. The maximum absolute atomic E-state index is 12.7. The molecule has 2 amide bonds. The standard InChI is InChI=1S/C18H23NO3.C15H17NO3.C3H5Br.CH3F.In.H2O.3H/c1-3-7-13-11-17(21,10-4-2)12-18(22-13)14-8-5-6-9-15(14)19-16(18)20;1-2-5-11-8-10(17)9-15(19-11)12-6-3-4-7-13(12)16-14(15)18;1-2-3-4;1-2;;;;;/h4-6,8-9,13,21H,2-3,7,10-12H2,1H3,(H,19,20);3-4,6-7,11H,2,5,8-9H2,1H3,(H,16,18);2H,1,3H2;1H3;;1H2;;;/t13-,17-,18+;11-,15+;;;;;;;/m11......./s1/i/hD. The van der Waals surface area contributed by atoms with Gasteiger partial charge in [-0.05, 0) is 31.4 Å². The van der Waals surface area contributed by atoms with Crippen LogP contribution in [0.1, 0.15) is 84.2 Å². The number of fused-ring (bicyclic) bond motifs is 4. The number of hydrogen-bond donors (Lipinski definition) is 3. The van der Waals surface area contributed by atoms with Gasteiger partial charge < -0.3 is 30.7 Å². The van der Waals surface area contributed by atoms with E-state index in [9.17, 15) is 23.9 Å². The van der Waals surface area contributed by atoms with Gasteiger partial charge in [0.15, 0.2) is 11.2 Å². The average molecular weight is 853 g/mol. The molecule has 5 N–H and O–H groups in total. The van der Waals surface area contributed by atoms with Gasteiger partial charge >= 0.3 is 25.8 Å². The number of anilines is 2. The van der Waals surface area contributed by atoms with Crippen molar-refractivity contribution in [1.29, 1.82) is 0 Å². The first kappa shape index (κ1) is 42.8. The molecule has 2 fully saturated rings. The molecule has 12 heteroatoms. The van der Waals surface area contributed by atoms with E-state index >= 15 is 0 Å². The van der Waals surface area contributed by atoms with Crippen LogP contribution < -0.4 is 10.6 Å². The monoisotopic (exact) mass is 851 g/mol. The Kier molecular flexibility index (Phi) is 17.9. The Morgan fingerprint density at radius 3 is 1.90 bits per heavy atom. The van der Waals surface area contributed by atoms with Crippen molar-refractivity contribution in [1.82, 2.24) is 0 Å². The molecule has 0 unspecified atom stereocenters. The van der Waals surface area contributed by atoms with Gasteiger partial charge in [-0.1, -0.05) is 91.2 Å². The molecule has 4 heterocycles. The number of amides is 2. The summed E-state index contributed by atoms with van der Waals surface area (Å²) in [5, 5.41) is 17.6. The molecule has 0 radical (unpaired) electrons. The molecule has 4 aliphatic rings. The van der Waals surface area contributed by atoms with Crippen LogP contribution in [0, 0.1) is 0 Å². The zero-order chi connectivity index (χ0) is 36.7. The third kappa shape index (κ3) is 10.1. The fourth-order valence-electron chi connectivity index (χ4n) is 6.85. The third-order valence-electron chi connectivity index (χ3n) is 8.63. The summed E-state index contributed by atoms with van der Waals surface area (Å²) in [6.45, 7) is 11.3. The molecule has 2 spiro atoms. The second kappa shape index (κ2) is 20.5. The van der Waals surface area contributed by atoms with Gasteiger partial charge in [-0.2, -0.15) is 0 Å². The molecule has 4 aliphatic heterocycles. The van der Waals surface area contributed by atoms with Crippen LogP contribution in [0.15, 0.2) is 73.8 Å². The molecule has 0 aliphatic carbocycles. The van der Waals surface area contributed by atoms with E-state index in [0.29, 0.717) is 26.4 Å². The molecule has 6 rings (SSSR count). The molecule has 5 atom stereocenters. The quantitative estimate of drug-likeness (QED) is 0.243. The molecular formula is C37H53BrFInN2O7. The zero-order valence-electron chi connectivity index (χ0n) is 29.1. The first-order valence-electron chi connectivity index (χ1n) is 16.6. The van der Waals surface area contributed by atoms with Gasteiger partial charge in [0.05, 0.1) is 25.0 Å². The van der Waals surface area contributed by atoms with E-state index in [-0.39, 0.29) is 68.5 Å². The molecular weight excluding hydrogens is 798 g/mol. The molecule has 0 aromatic heterocycles. The number of carbonyl (C=O) groups is 3. The Balaban J connectivity index is 0.000000410. The molecule has 0 bridgehead atoms. The van der Waals surface area contributed by atoms with E-state index in [2.05, 4.69) is 53.6 Å². The van der Waals surface area contributed by atoms with Gasteiger partial charge in [0.2, 0.25) is 1.43 Å². The van der Waals surface area contributed by atoms with E-state index in [1.54, 1.807) is 12.2 Å². The summed E-state index contributed by atoms with van der Waals surface area (Å²) < 4.78 is 26.6. The molecule has 9 nitrogen and oxygen atoms in total. The Hall–Kier alpha value is -2.35. The number of benzene rings is 2. The van der Waals surface area contributed by atoms with Crippen LogP contribution in [-0.4, -0.2) is 84.3 Å². The van der Waals surface area contributed by atoms with Crippen molar-refractivity contribution in [3.05, 3.63) is 85.0 Å². The Morgan fingerprint density at radius 1 is 0.918 bits per heavy atom. The number of ketones is 1. The van der Waals surface area contributed by atoms with Gasteiger partial charge in [0, 0.05) is 53.5 Å². The molecule has 2 aromatic carbocycles. The van der Waals surface area contributed by atoms with Crippen molar-refractivity contribution in [2.45, 2.75) is 101 Å². The van der Waals surface area contributed by atoms with Crippen LogP contribution in [0.25, 0.3) is 0 Å². The number of nitrogens with one attached hydrogen (secondary N) is 2. The first-order valence-corrected chi connectivity index (χ1v) is 17.3. The van der Waals surface area contributed by atoms with Crippen molar-refractivity contribution in [2.75, 3.05) is 23.1 Å². The van der Waals surface area contributed by atoms with Crippen LogP contribution in [0.5, 0.6) is 0 Å². The van der Waals surface area contributed by atoms with Gasteiger partial charge in [-0.15, -0.1) is 13.2 Å². The van der Waals surface area contributed by atoms with Crippen LogP contribution in [0.2, 0.25) is 0 Å². The summed E-state index contributed by atoms with van der Waals surface area (Å²) in [6, 6.07) is 15.0. The number of allylic oxidation sites excluding steroid dienone is 1. The molecule has 2 aromatic rings. The second-order valence-corrected chi connectivity index (χ2v) is 12.8. The van der Waals surface area contributed by atoms with Crippen molar-refractivity contribution >= 4 is 70.7 Å². The third-order valence-corrected chi connectivity index (χ3v) is 9.09. The average Bonchev–Trinajstić information content (AvgIpc) is 3.51. The van der Waals surface area contributed by atoms with Gasteiger partial charge in [0.1, 0.15) is 5.78 Å². The van der Waals surface area contributed by atoms with Crippen molar-refractivity contribution < 1.29 is 40.3 Å². The van der Waals surface area contributed by atoms with E-state index < -0.39 is 16.8 Å². The number of halogens is 2. The number of para-hydroxylation sites is 2. The van der Waals surface area contributed by atoms with E-state index in [1.165, 1.54) is 0 Å². The van der Waals surface area contributed by atoms with Gasteiger partial charge in [-0.3, -0.25) is 18.8 Å². The van der Waals surface area contributed by atoms with E-state index in [0.717, 1.165) is 53.5 Å². The van der Waals surface area contributed by atoms with Crippen molar-refractivity contribution in [3.8, 4) is 0 Å². The van der Waals surface area contributed by atoms with Crippen LogP contribution in [-0.2, 0) is 35.1 Å². The number of aliphatic hydroxyl groups is 1. The maximum atomic E-state index is 12.7. The Morgan fingerprint density at radius 2 is 1.39 bits per heavy atom. The molecule has 270 valence electrons. The number of rotatable bonds is 7. The summed E-state index contributed by atoms with van der Waals surface area (Å²) in [6.07, 6.45) is 8.63. The fourth-order valence-corrected chi connectivity index (χ4v) is 6.85. The first-order chi connectivity index (χ1) is 23.6. The number of ether oxygens (including phenoxy) is 2. The molecule has 0 saturated carbocycles. The van der Waals surface area contributed by atoms with E-state index in [4.69, 9.17) is 16.4 Å². The number of carbonyl (C=O) groups excluding carboxylic acids is 3. The fraction of sp³-hybridized carbons (Fsp3) is 0.486. The Labute approximate surface area is 318 Å². The van der Waals surface area contributed by atoms with Gasteiger partial charge in [0.25, 0.3) is 11.8 Å². The SMILES string of the molecule is C=CCBr.C=CC[C@@]1(O)C[C@@H](CCC)O[C@]2(C1)C(=O)Nc1ccccc12.CCC[C@@H]1CC(=O)C[C@@]2(O1)C(=O)Nc1ccccc12.CF.[2H]O.[InH3]. The predicted molar refractivity (Wildman–Crippen MR) is 201 cm³/mol. The van der Waals surface area contributed by atoms with Crippen molar-refractivity contribution in [3.63, 3.8) is 0 Å². The second-order valence-electron chi connectivity index (χ2n) is 12.2. The molecule has 49 heavy (non-hydrogen) atoms. The van der Waals surface area contributed by atoms with Crippen molar-refractivity contribution in [2.24, 2.45) is 0 Å². The summed E-state index contributed by atoms with van der Waals surface area (Å²) in [5.41, 5.74) is 6.31. The predicted octanol–water partition coefficient (Wildman–Crippen LogP) is 5.65. The van der Waals surface area contributed by atoms with Gasteiger partial charge in [-0.25, -0.2) is 0 Å².